The molecule has 1 aromatic carbocycles. The molecule has 0 unspecified atom stereocenters. The number of anilines is 1. The lowest BCUT2D eigenvalue weighted by Gasteiger charge is -2.29. The van der Waals surface area contributed by atoms with Crippen LogP contribution in [0.1, 0.15) is 19.4 Å². The Hall–Kier alpha value is -1.40. The largest absolute Gasteiger partial charge is 0.482 e. The van der Waals surface area contributed by atoms with E-state index in [2.05, 4.69) is 15.9 Å². The van der Waals surface area contributed by atoms with Gasteiger partial charge >= 0.3 is 4.82 Å². The Morgan fingerprint density at radius 3 is 2.79 bits per heavy atom. The van der Waals surface area contributed by atoms with Crippen molar-refractivity contribution in [3.63, 3.8) is 0 Å². The van der Waals surface area contributed by atoms with Crippen LogP contribution in [0.25, 0.3) is 0 Å². The highest BCUT2D eigenvalue weighted by atomic mass is 79.9. The zero-order valence-electron chi connectivity index (χ0n) is 10.8. The second-order valence-corrected chi connectivity index (χ2v) is 5.72. The first-order valence-corrected chi connectivity index (χ1v) is 6.66. The van der Waals surface area contributed by atoms with Crippen molar-refractivity contribution in [2.45, 2.75) is 19.3 Å². The van der Waals surface area contributed by atoms with Crippen LogP contribution in [0.3, 0.4) is 0 Å². The van der Waals surface area contributed by atoms with Gasteiger partial charge < -0.3 is 10.5 Å². The van der Waals surface area contributed by atoms with Crippen LogP contribution in [-0.2, 0) is 10.2 Å². The number of hydrogen-bond acceptors (Lipinski definition) is 4. The second kappa shape index (κ2) is 4.94. The van der Waals surface area contributed by atoms with Crippen LogP contribution in [0.5, 0.6) is 5.75 Å². The molecule has 2 rings (SSSR count). The number of ether oxygens (including phenoxy) is 1. The molecule has 5 nitrogen and oxygen atoms in total. The maximum Gasteiger partial charge on any atom is 0.301 e. The molecule has 0 spiro atoms. The molecular formula is C13H15BrN2O3. The Morgan fingerprint density at radius 2 is 2.21 bits per heavy atom. The van der Waals surface area contributed by atoms with Crippen molar-refractivity contribution >= 4 is 32.3 Å². The molecular weight excluding hydrogens is 312 g/mol. The Morgan fingerprint density at radius 1 is 1.53 bits per heavy atom. The van der Waals surface area contributed by atoms with Crippen molar-refractivity contribution in [3.05, 3.63) is 23.8 Å². The average molecular weight is 327 g/mol. The Bertz CT molecular complexity index is 543. The zero-order valence-corrected chi connectivity index (χ0v) is 12.4. The highest BCUT2D eigenvalue weighted by Gasteiger charge is 2.31. The third-order valence-electron chi connectivity index (χ3n) is 3.27. The molecule has 0 bridgehead atoms. The summed E-state index contributed by atoms with van der Waals surface area (Å²) in [5.41, 5.74) is 6.91. The Balaban J connectivity index is 2.53. The predicted octanol–water partition coefficient (Wildman–Crippen LogP) is 2.16. The van der Waals surface area contributed by atoms with Crippen LogP contribution in [0.4, 0.5) is 10.5 Å². The lowest BCUT2D eigenvalue weighted by molar-refractivity contribution is -0.120. The highest BCUT2D eigenvalue weighted by Crippen LogP contribution is 2.36. The first kappa shape index (κ1) is 14.0. The number of halogens is 1. The minimum absolute atomic E-state index is 0.135. The molecule has 0 saturated carbocycles. The quantitative estimate of drug-likeness (QED) is 0.667. The molecule has 1 aliphatic heterocycles. The summed E-state index contributed by atoms with van der Waals surface area (Å²) >= 11 is 2.82. The molecule has 19 heavy (non-hydrogen) atoms. The maximum absolute atomic E-state index is 11.8. The number of hydrogen-bond donors (Lipinski definition) is 1. The summed E-state index contributed by atoms with van der Waals surface area (Å²) in [6.07, 6.45) is 0. The molecule has 1 heterocycles. The van der Waals surface area contributed by atoms with Gasteiger partial charge in [-0.15, -0.1) is 0 Å². The first-order valence-electron chi connectivity index (χ1n) is 5.86. The molecule has 1 aromatic rings. The van der Waals surface area contributed by atoms with Gasteiger partial charge in [0.2, 0.25) is 0 Å². The lowest BCUT2D eigenvalue weighted by Crippen LogP contribution is -2.40. The van der Waals surface area contributed by atoms with E-state index in [0.717, 1.165) is 10.5 Å². The average Bonchev–Trinajstić information content (AvgIpc) is 2.37. The maximum atomic E-state index is 11.8. The van der Waals surface area contributed by atoms with Crippen LogP contribution < -0.4 is 15.4 Å². The number of nitrogens with zero attached hydrogens (tertiary/aromatic N) is 1. The first-order chi connectivity index (χ1) is 8.86. The van der Waals surface area contributed by atoms with Crippen LogP contribution in [0.2, 0.25) is 0 Å². The molecule has 0 atom stereocenters. The normalized spacial score (nSPS) is 14.9. The third kappa shape index (κ3) is 2.50. The van der Waals surface area contributed by atoms with E-state index in [0.29, 0.717) is 18.0 Å². The number of rotatable bonds is 2. The topological polar surface area (TPSA) is 72.6 Å². The predicted molar refractivity (Wildman–Crippen MR) is 75.8 cm³/mol. The van der Waals surface area contributed by atoms with Crippen LogP contribution in [0.15, 0.2) is 18.2 Å². The number of benzene rings is 1. The molecule has 0 fully saturated rings. The monoisotopic (exact) mass is 326 g/mol. The van der Waals surface area contributed by atoms with E-state index >= 15 is 0 Å². The van der Waals surface area contributed by atoms with Crippen molar-refractivity contribution in [1.82, 2.24) is 0 Å². The summed E-state index contributed by atoms with van der Waals surface area (Å²) in [4.78, 5) is 23.9. The fraction of sp³-hybridized carbons (Fsp3) is 0.385. The Labute approximate surface area is 119 Å². The third-order valence-corrected chi connectivity index (χ3v) is 3.62. The van der Waals surface area contributed by atoms with Crippen molar-refractivity contribution < 1.29 is 14.3 Å². The number of amides is 2. The van der Waals surface area contributed by atoms with Gasteiger partial charge in [0.1, 0.15) is 5.75 Å². The number of carbonyl (C=O) groups is 2. The fourth-order valence-corrected chi connectivity index (χ4v) is 2.27. The molecule has 102 valence electrons. The van der Waals surface area contributed by atoms with E-state index in [4.69, 9.17) is 10.5 Å². The zero-order chi connectivity index (χ0) is 14.2. The van der Waals surface area contributed by atoms with Gasteiger partial charge in [0.15, 0.2) is 6.61 Å². The van der Waals surface area contributed by atoms with Gasteiger partial charge in [-0.3, -0.25) is 9.59 Å². The summed E-state index contributed by atoms with van der Waals surface area (Å²) in [7, 11) is 0. The van der Waals surface area contributed by atoms with Gasteiger partial charge in [-0.25, -0.2) is 4.90 Å². The summed E-state index contributed by atoms with van der Waals surface area (Å²) in [6, 6.07) is 5.44. The lowest BCUT2D eigenvalue weighted by atomic mass is 9.84. The second-order valence-electron chi connectivity index (χ2n) is 5.04. The standard InChI is InChI=1S/C13H15BrN2O3/c1-13(2,7-15)8-3-4-10-9(5-8)16(12(14)18)11(17)6-19-10/h3-5H,6-7,15H2,1-2H3. The van der Waals surface area contributed by atoms with Gasteiger partial charge in [-0.05, 0) is 17.7 Å². The van der Waals surface area contributed by atoms with Crippen molar-refractivity contribution in [3.8, 4) is 5.75 Å². The van der Waals surface area contributed by atoms with E-state index < -0.39 is 10.7 Å². The molecule has 0 aromatic heterocycles. The van der Waals surface area contributed by atoms with Crippen LogP contribution in [-0.4, -0.2) is 23.9 Å². The van der Waals surface area contributed by atoms with E-state index in [9.17, 15) is 9.59 Å². The van der Waals surface area contributed by atoms with Gasteiger partial charge in [0.25, 0.3) is 5.91 Å². The molecule has 0 saturated heterocycles. The van der Waals surface area contributed by atoms with Crippen molar-refractivity contribution in [2.24, 2.45) is 5.73 Å². The van der Waals surface area contributed by atoms with E-state index in [1.165, 1.54) is 0 Å². The molecule has 2 N–H and O–H groups in total. The van der Waals surface area contributed by atoms with Gasteiger partial charge in [-0.1, -0.05) is 19.9 Å². The smallest absolute Gasteiger partial charge is 0.301 e. The summed E-state index contributed by atoms with van der Waals surface area (Å²) in [5, 5.41) is 0. The Kier molecular flexibility index (Phi) is 3.64. The minimum Gasteiger partial charge on any atom is -0.482 e. The van der Waals surface area contributed by atoms with E-state index in [1.54, 1.807) is 12.1 Å². The number of nitrogens with two attached hydrogens (primary N) is 1. The highest BCUT2D eigenvalue weighted by molar-refractivity contribution is 9.18. The minimum atomic E-state index is -0.496. The van der Waals surface area contributed by atoms with E-state index in [1.807, 2.05) is 19.9 Å². The fourth-order valence-electron chi connectivity index (χ4n) is 1.88. The molecule has 2 amide bonds. The summed E-state index contributed by atoms with van der Waals surface area (Å²) in [6.45, 7) is 4.33. The molecule has 6 heteroatoms. The van der Waals surface area contributed by atoms with E-state index in [-0.39, 0.29) is 12.0 Å². The molecule has 1 aliphatic rings. The van der Waals surface area contributed by atoms with Crippen LogP contribution >= 0.6 is 15.9 Å². The number of fused-ring (bicyclic) bond motifs is 1. The van der Waals surface area contributed by atoms with Crippen LogP contribution in [0, 0.1) is 0 Å². The van der Waals surface area contributed by atoms with Crippen molar-refractivity contribution in [2.75, 3.05) is 18.1 Å². The number of carbonyl (C=O) groups excluding carboxylic acids is 2. The van der Waals surface area contributed by atoms with Gasteiger partial charge in [0.05, 0.1) is 5.69 Å². The summed E-state index contributed by atoms with van der Waals surface area (Å²) < 4.78 is 5.32. The van der Waals surface area contributed by atoms with Crippen molar-refractivity contribution in [1.29, 1.82) is 0 Å². The SMILES string of the molecule is CC(C)(CN)c1ccc2c(c1)N(C(=O)Br)C(=O)CO2. The number of imide groups is 1. The van der Waals surface area contributed by atoms with Gasteiger partial charge in [0, 0.05) is 27.9 Å². The molecule has 0 aliphatic carbocycles. The summed E-state index contributed by atoms with van der Waals surface area (Å²) in [5.74, 6) is 0.126. The van der Waals surface area contributed by atoms with Gasteiger partial charge in [-0.2, -0.15) is 0 Å². The molecule has 0 radical (unpaired) electrons.